The van der Waals surface area contributed by atoms with E-state index in [0.29, 0.717) is 5.69 Å². The van der Waals surface area contributed by atoms with Gasteiger partial charge in [0.05, 0.1) is 0 Å². The van der Waals surface area contributed by atoms with Crippen LogP contribution in [0.5, 0.6) is 0 Å². The monoisotopic (exact) mass is 207 g/mol. The van der Waals surface area contributed by atoms with E-state index in [2.05, 4.69) is 10.6 Å². The molecule has 4 N–H and O–H groups in total. The minimum Gasteiger partial charge on any atom is -0.398 e. The Labute approximate surface area is 89.9 Å². The molecule has 15 heavy (non-hydrogen) atoms. The Balaban J connectivity index is 2.73. The van der Waals surface area contributed by atoms with E-state index >= 15 is 0 Å². The van der Waals surface area contributed by atoms with Crippen molar-refractivity contribution in [2.75, 3.05) is 11.1 Å². The molecule has 4 nitrogen and oxygen atoms in total. The molecule has 4 heteroatoms. The number of nitrogens with two attached hydrogens (primary N) is 1. The van der Waals surface area contributed by atoms with Gasteiger partial charge in [-0.3, -0.25) is 0 Å². The van der Waals surface area contributed by atoms with Crippen molar-refractivity contribution in [2.45, 2.75) is 26.8 Å². The zero-order chi connectivity index (χ0) is 11.4. The van der Waals surface area contributed by atoms with Crippen LogP contribution in [-0.4, -0.2) is 12.1 Å². The number of hydrogen-bond donors (Lipinski definition) is 3. The number of urea groups is 1. The predicted octanol–water partition coefficient (Wildman–Crippen LogP) is 2.11. The maximum Gasteiger partial charge on any atom is 0.319 e. The summed E-state index contributed by atoms with van der Waals surface area (Å²) < 4.78 is 0. The smallest absolute Gasteiger partial charge is 0.319 e. The largest absolute Gasteiger partial charge is 0.398 e. The maximum absolute atomic E-state index is 11.4. The van der Waals surface area contributed by atoms with Crippen molar-refractivity contribution in [2.24, 2.45) is 0 Å². The molecule has 0 spiro atoms. The number of amides is 2. The van der Waals surface area contributed by atoms with E-state index in [1.807, 2.05) is 32.9 Å². The molecule has 0 saturated carbocycles. The fraction of sp³-hybridized carbons (Fsp3) is 0.364. The molecule has 0 unspecified atom stereocenters. The van der Waals surface area contributed by atoms with Crippen molar-refractivity contribution >= 4 is 17.4 Å². The lowest BCUT2D eigenvalue weighted by Gasteiger charge is -2.12. The molecule has 0 aliphatic heterocycles. The lowest BCUT2D eigenvalue weighted by Crippen LogP contribution is -2.34. The van der Waals surface area contributed by atoms with Gasteiger partial charge in [0.25, 0.3) is 0 Å². The van der Waals surface area contributed by atoms with E-state index in [4.69, 9.17) is 5.73 Å². The zero-order valence-corrected chi connectivity index (χ0v) is 9.29. The second-order valence-corrected chi connectivity index (χ2v) is 3.77. The Kier molecular flexibility index (Phi) is 3.55. The lowest BCUT2D eigenvalue weighted by atomic mass is 10.1. The van der Waals surface area contributed by atoms with Gasteiger partial charge in [0.1, 0.15) is 0 Å². The van der Waals surface area contributed by atoms with Crippen molar-refractivity contribution in [3.63, 3.8) is 0 Å². The average Bonchev–Trinajstić information content (AvgIpc) is 2.11. The first-order chi connectivity index (χ1) is 7.00. The van der Waals surface area contributed by atoms with Crippen LogP contribution in [0.1, 0.15) is 19.4 Å². The topological polar surface area (TPSA) is 67.1 Å². The van der Waals surface area contributed by atoms with E-state index in [9.17, 15) is 4.79 Å². The van der Waals surface area contributed by atoms with Gasteiger partial charge in [0.15, 0.2) is 0 Å². The molecule has 0 fully saturated rings. The van der Waals surface area contributed by atoms with Crippen LogP contribution in [0.4, 0.5) is 16.2 Å². The van der Waals surface area contributed by atoms with Crippen LogP contribution in [0.2, 0.25) is 0 Å². The van der Waals surface area contributed by atoms with Gasteiger partial charge < -0.3 is 16.4 Å². The lowest BCUT2D eigenvalue weighted by molar-refractivity contribution is 0.250. The number of carbonyl (C=O) groups is 1. The number of benzene rings is 1. The molecule has 0 aliphatic rings. The molecule has 1 rings (SSSR count). The van der Waals surface area contributed by atoms with Crippen molar-refractivity contribution < 1.29 is 4.79 Å². The van der Waals surface area contributed by atoms with Gasteiger partial charge in [-0.2, -0.15) is 0 Å². The van der Waals surface area contributed by atoms with E-state index < -0.39 is 0 Å². The number of anilines is 2. The quantitative estimate of drug-likeness (QED) is 0.650. The minimum absolute atomic E-state index is 0.117. The highest BCUT2D eigenvalue weighted by molar-refractivity contribution is 5.91. The van der Waals surface area contributed by atoms with Crippen LogP contribution in [0.3, 0.4) is 0 Å². The van der Waals surface area contributed by atoms with Gasteiger partial charge in [0, 0.05) is 17.4 Å². The highest BCUT2D eigenvalue weighted by atomic mass is 16.2. The van der Waals surface area contributed by atoms with Crippen LogP contribution >= 0.6 is 0 Å². The van der Waals surface area contributed by atoms with Crippen molar-refractivity contribution in [1.82, 2.24) is 5.32 Å². The molecule has 0 radical (unpaired) electrons. The first-order valence-corrected chi connectivity index (χ1v) is 4.93. The predicted molar refractivity (Wildman–Crippen MR) is 62.9 cm³/mol. The Morgan fingerprint density at radius 1 is 1.40 bits per heavy atom. The Morgan fingerprint density at radius 3 is 2.67 bits per heavy atom. The number of nitrogens with one attached hydrogen (secondary N) is 2. The van der Waals surface area contributed by atoms with Gasteiger partial charge >= 0.3 is 6.03 Å². The second kappa shape index (κ2) is 4.68. The van der Waals surface area contributed by atoms with Crippen LogP contribution in [0.25, 0.3) is 0 Å². The van der Waals surface area contributed by atoms with E-state index in [0.717, 1.165) is 11.3 Å². The molecule has 1 aromatic carbocycles. The maximum atomic E-state index is 11.4. The molecular weight excluding hydrogens is 190 g/mol. The average molecular weight is 207 g/mol. The van der Waals surface area contributed by atoms with Crippen molar-refractivity contribution in [3.05, 3.63) is 23.8 Å². The molecule has 1 aromatic rings. The van der Waals surface area contributed by atoms with Crippen molar-refractivity contribution in [1.29, 1.82) is 0 Å². The first kappa shape index (κ1) is 11.4. The summed E-state index contributed by atoms with van der Waals surface area (Å²) in [5.41, 5.74) is 8.03. The number of carbonyl (C=O) groups excluding carboxylic acids is 1. The molecule has 0 saturated heterocycles. The Hall–Kier alpha value is -1.71. The van der Waals surface area contributed by atoms with Gasteiger partial charge in [-0.05, 0) is 38.5 Å². The van der Waals surface area contributed by atoms with Gasteiger partial charge in [-0.1, -0.05) is 6.07 Å². The van der Waals surface area contributed by atoms with E-state index in [1.54, 1.807) is 6.07 Å². The summed E-state index contributed by atoms with van der Waals surface area (Å²) in [5, 5.41) is 5.50. The summed E-state index contributed by atoms with van der Waals surface area (Å²) in [6, 6.07) is 5.35. The standard InChI is InChI=1S/C11H17N3O/c1-7(2)13-11(15)14-10-6-4-5-9(12)8(10)3/h4-7H,12H2,1-3H3,(H2,13,14,15). The first-order valence-electron chi connectivity index (χ1n) is 4.93. The Bertz CT molecular complexity index is 361. The molecule has 2 amide bonds. The number of rotatable bonds is 2. The summed E-state index contributed by atoms with van der Waals surface area (Å²) in [4.78, 5) is 11.4. The fourth-order valence-electron chi connectivity index (χ4n) is 1.21. The van der Waals surface area contributed by atoms with Crippen molar-refractivity contribution in [3.8, 4) is 0 Å². The Morgan fingerprint density at radius 2 is 2.07 bits per heavy atom. The van der Waals surface area contributed by atoms with Crippen LogP contribution in [0.15, 0.2) is 18.2 Å². The van der Waals surface area contributed by atoms with Crippen LogP contribution in [0, 0.1) is 6.92 Å². The molecular formula is C11H17N3O. The van der Waals surface area contributed by atoms with Gasteiger partial charge in [-0.25, -0.2) is 4.79 Å². The normalized spacial score (nSPS) is 10.1. The molecule has 0 bridgehead atoms. The highest BCUT2D eigenvalue weighted by Crippen LogP contribution is 2.20. The van der Waals surface area contributed by atoms with Gasteiger partial charge in [-0.15, -0.1) is 0 Å². The molecule has 0 atom stereocenters. The fourth-order valence-corrected chi connectivity index (χ4v) is 1.21. The van der Waals surface area contributed by atoms with E-state index in [-0.39, 0.29) is 12.1 Å². The zero-order valence-electron chi connectivity index (χ0n) is 9.29. The molecule has 0 heterocycles. The van der Waals surface area contributed by atoms with E-state index in [1.165, 1.54) is 0 Å². The summed E-state index contributed by atoms with van der Waals surface area (Å²) >= 11 is 0. The minimum atomic E-state index is -0.210. The molecule has 0 aliphatic carbocycles. The third kappa shape index (κ3) is 3.16. The third-order valence-corrected chi connectivity index (χ3v) is 2.04. The second-order valence-electron chi connectivity index (χ2n) is 3.77. The number of hydrogen-bond acceptors (Lipinski definition) is 2. The third-order valence-electron chi connectivity index (χ3n) is 2.04. The SMILES string of the molecule is Cc1c(N)cccc1NC(=O)NC(C)C. The molecule has 82 valence electrons. The summed E-state index contributed by atoms with van der Waals surface area (Å²) in [5.74, 6) is 0. The van der Waals surface area contributed by atoms with Crippen LogP contribution in [-0.2, 0) is 0 Å². The summed E-state index contributed by atoms with van der Waals surface area (Å²) in [7, 11) is 0. The summed E-state index contributed by atoms with van der Waals surface area (Å²) in [6.45, 7) is 5.69. The molecule has 0 aromatic heterocycles. The summed E-state index contributed by atoms with van der Waals surface area (Å²) in [6.07, 6.45) is 0. The number of nitrogen functional groups attached to an aromatic ring is 1. The van der Waals surface area contributed by atoms with Gasteiger partial charge in [0.2, 0.25) is 0 Å². The highest BCUT2D eigenvalue weighted by Gasteiger charge is 2.06. The van der Waals surface area contributed by atoms with Crippen LogP contribution < -0.4 is 16.4 Å².